The monoisotopic (exact) mass is 329 g/mol. The Labute approximate surface area is 139 Å². The molecule has 0 aromatic carbocycles. The summed E-state index contributed by atoms with van der Waals surface area (Å²) >= 11 is 0. The second-order valence-corrected chi connectivity index (χ2v) is 7.39. The zero-order valence-corrected chi connectivity index (χ0v) is 15.2. The molecular formula is C17H31NO5. The summed E-state index contributed by atoms with van der Waals surface area (Å²) in [4.78, 5) is 23.7. The number of hydrogen-bond donors (Lipinski definition) is 1. The van der Waals surface area contributed by atoms with Crippen LogP contribution >= 0.6 is 0 Å². The normalized spacial score (nSPS) is 17.9. The molecule has 1 atom stereocenters. The Balaban J connectivity index is 0.000000468. The van der Waals surface area contributed by atoms with E-state index in [1.165, 1.54) is 0 Å². The Hall–Kier alpha value is -1.56. The van der Waals surface area contributed by atoms with Gasteiger partial charge in [0.2, 0.25) is 0 Å². The first kappa shape index (κ1) is 21.4. The molecule has 0 bridgehead atoms. The fourth-order valence-electron chi connectivity index (χ4n) is 1.93. The van der Waals surface area contributed by atoms with Crippen LogP contribution in [0.25, 0.3) is 0 Å². The van der Waals surface area contributed by atoms with E-state index in [1.807, 2.05) is 41.5 Å². The Morgan fingerprint density at radius 1 is 1.17 bits per heavy atom. The van der Waals surface area contributed by atoms with E-state index in [9.17, 15) is 9.59 Å². The van der Waals surface area contributed by atoms with Crippen molar-refractivity contribution in [2.75, 3.05) is 13.2 Å². The number of hydrogen-bond acceptors (Lipinski definition) is 5. The van der Waals surface area contributed by atoms with Gasteiger partial charge in [-0.05, 0) is 54.4 Å². The number of likely N-dealkylation sites (tertiary alicyclic amines) is 1. The number of aliphatic hydroxyl groups is 1. The molecule has 0 spiro atoms. The number of rotatable bonds is 2. The van der Waals surface area contributed by atoms with Crippen molar-refractivity contribution in [3.8, 4) is 0 Å². The van der Waals surface area contributed by atoms with Crippen molar-refractivity contribution in [1.29, 1.82) is 0 Å². The molecule has 23 heavy (non-hydrogen) atoms. The van der Waals surface area contributed by atoms with Gasteiger partial charge in [0.25, 0.3) is 0 Å². The Morgan fingerprint density at radius 2 is 1.70 bits per heavy atom. The number of amides is 1. The molecule has 0 aromatic heterocycles. The van der Waals surface area contributed by atoms with Gasteiger partial charge in [0.15, 0.2) is 0 Å². The smallest absolute Gasteiger partial charge is 0.410 e. The highest BCUT2D eigenvalue weighted by Gasteiger charge is 2.31. The summed E-state index contributed by atoms with van der Waals surface area (Å²) in [6, 6.07) is -0.0511. The van der Waals surface area contributed by atoms with E-state index in [2.05, 4.69) is 6.58 Å². The molecule has 0 saturated carbocycles. The third-order valence-corrected chi connectivity index (χ3v) is 2.79. The van der Waals surface area contributed by atoms with Gasteiger partial charge in [0.05, 0.1) is 12.6 Å². The van der Waals surface area contributed by atoms with Crippen LogP contribution in [0, 0.1) is 0 Å². The zero-order valence-electron chi connectivity index (χ0n) is 15.2. The standard InChI is InChI=1S/C10H19NO3.C7H12O2/c1-10(2,3)14-9(13)11-6-4-5-8(11)7-12;1-5-6(8)9-7(2,3)4/h8,12H,4-7H2,1-3H3;5H,1H2,2-4H3. The average molecular weight is 329 g/mol. The van der Waals surface area contributed by atoms with Gasteiger partial charge < -0.3 is 19.5 Å². The molecule has 1 aliphatic rings. The Morgan fingerprint density at radius 3 is 2.04 bits per heavy atom. The molecule has 6 nitrogen and oxygen atoms in total. The van der Waals surface area contributed by atoms with Crippen LogP contribution in [0.3, 0.4) is 0 Å². The molecule has 1 rings (SSSR count). The number of esters is 1. The minimum absolute atomic E-state index is 0.0270. The van der Waals surface area contributed by atoms with Crippen LogP contribution < -0.4 is 0 Å². The molecule has 1 heterocycles. The van der Waals surface area contributed by atoms with Gasteiger partial charge in [0, 0.05) is 12.6 Å². The first-order valence-corrected chi connectivity index (χ1v) is 7.85. The maximum absolute atomic E-state index is 11.6. The number of carbonyl (C=O) groups excluding carboxylic acids is 2. The molecule has 1 N–H and O–H groups in total. The van der Waals surface area contributed by atoms with Crippen molar-refractivity contribution in [2.24, 2.45) is 0 Å². The molecule has 1 unspecified atom stereocenters. The summed E-state index contributed by atoms with van der Waals surface area (Å²) in [6.45, 7) is 15.0. The van der Waals surface area contributed by atoms with Gasteiger partial charge in [0.1, 0.15) is 11.2 Å². The summed E-state index contributed by atoms with van der Waals surface area (Å²) in [5.74, 6) is -0.373. The summed E-state index contributed by atoms with van der Waals surface area (Å²) in [6.07, 6.45) is 2.67. The lowest BCUT2D eigenvalue weighted by molar-refractivity contribution is -0.148. The number of aliphatic hydroxyl groups excluding tert-OH is 1. The van der Waals surface area contributed by atoms with Gasteiger partial charge in [-0.2, -0.15) is 0 Å². The minimum Gasteiger partial charge on any atom is -0.457 e. The van der Waals surface area contributed by atoms with E-state index in [1.54, 1.807) is 4.90 Å². The third kappa shape index (κ3) is 9.94. The van der Waals surface area contributed by atoms with Crippen molar-refractivity contribution in [2.45, 2.75) is 71.6 Å². The lowest BCUT2D eigenvalue weighted by Crippen LogP contribution is -2.41. The highest BCUT2D eigenvalue weighted by molar-refractivity contribution is 5.81. The first-order valence-electron chi connectivity index (χ1n) is 7.85. The Bertz CT molecular complexity index is 406. The van der Waals surface area contributed by atoms with Crippen molar-refractivity contribution in [3.05, 3.63) is 12.7 Å². The fraction of sp³-hybridized carbons (Fsp3) is 0.765. The quantitative estimate of drug-likeness (QED) is 0.623. The molecule has 134 valence electrons. The van der Waals surface area contributed by atoms with Crippen LogP contribution in [0.4, 0.5) is 4.79 Å². The zero-order chi connectivity index (χ0) is 18.3. The second kappa shape index (κ2) is 8.91. The summed E-state index contributed by atoms with van der Waals surface area (Å²) < 4.78 is 10.1. The molecule has 1 amide bonds. The molecule has 0 aliphatic carbocycles. The van der Waals surface area contributed by atoms with Gasteiger partial charge in [-0.25, -0.2) is 9.59 Å². The van der Waals surface area contributed by atoms with Crippen molar-refractivity contribution in [1.82, 2.24) is 4.90 Å². The van der Waals surface area contributed by atoms with Crippen molar-refractivity contribution >= 4 is 12.1 Å². The van der Waals surface area contributed by atoms with E-state index in [0.717, 1.165) is 18.9 Å². The molecule has 0 aromatic rings. The lowest BCUT2D eigenvalue weighted by Gasteiger charge is -2.27. The molecule has 0 radical (unpaired) electrons. The van der Waals surface area contributed by atoms with E-state index in [0.29, 0.717) is 6.54 Å². The highest BCUT2D eigenvalue weighted by Crippen LogP contribution is 2.20. The lowest BCUT2D eigenvalue weighted by atomic mass is 10.2. The van der Waals surface area contributed by atoms with Crippen LogP contribution in [-0.4, -0.2) is 52.5 Å². The van der Waals surface area contributed by atoms with E-state index < -0.39 is 11.2 Å². The van der Waals surface area contributed by atoms with Gasteiger partial charge >= 0.3 is 12.1 Å². The van der Waals surface area contributed by atoms with Crippen molar-refractivity contribution in [3.63, 3.8) is 0 Å². The topological polar surface area (TPSA) is 76.1 Å². The van der Waals surface area contributed by atoms with Crippen LogP contribution in [-0.2, 0) is 14.3 Å². The van der Waals surface area contributed by atoms with E-state index in [4.69, 9.17) is 14.6 Å². The summed E-state index contributed by atoms with van der Waals surface area (Å²) in [5, 5.41) is 9.03. The molecule has 1 saturated heterocycles. The predicted molar refractivity (Wildman–Crippen MR) is 89.1 cm³/mol. The number of carbonyl (C=O) groups is 2. The number of ether oxygens (including phenoxy) is 2. The van der Waals surface area contributed by atoms with Crippen molar-refractivity contribution < 1.29 is 24.2 Å². The van der Waals surface area contributed by atoms with Gasteiger partial charge in [-0.1, -0.05) is 6.58 Å². The summed E-state index contributed by atoms with van der Waals surface area (Å²) in [5.41, 5.74) is -0.856. The van der Waals surface area contributed by atoms with Crippen LogP contribution in [0.15, 0.2) is 12.7 Å². The van der Waals surface area contributed by atoms with Gasteiger partial charge in [-0.15, -0.1) is 0 Å². The average Bonchev–Trinajstić information content (AvgIpc) is 2.83. The number of nitrogens with zero attached hydrogens (tertiary/aromatic N) is 1. The van der Waals surface area contributed by atoms with Gasteiger partial charge in [-0.3, -0.25) is 0 Å². The van der Waals surface area contributed by atoms with E-state index in [-0.39, 0.29) is 24.7 Å². The van der Waals surface area contributed by atoms with Crippen LogP contribution in [0.5, 0.6) is 0 Å². The Kier molecular flexibility index (Phi) is 8.31. The maximum Gasteiger partial charge on any atom is 0.410 e. The first-order chi connectivity index (χ1) is 10.4. The summed E-state index contributed by atoms with van der Waals surface area (Å²) in [7, 11) is 0. The SMILES string of the molecule is C=CC(=O)OC(C)(C)C.CC(C)(C)OC(=O)N1CCCC1CO. The third-order valence-electron chi connectivity index (χ3n) is 2.79. The minimum atomic E-state index is -0.459. The predicted octanol–water partition coefficient (Wildman–Crippen LogP) is 2.89. The van der Waals surface area contributed by atoms with E-state index >= 15 is 0 Å². The largest absolute Gasteiger partial charge is 0.457 e. The highest BCUT2D eigenvalue weighted by atomic mass is 16.6. The van der Waals surface area contributed by atoms with Crippen LogP contribution in [0.1, 0.15) is 54.4 Å². The maximum atomic E-state index is 11.6. The molecule has 6 heteroatoms. The molecular weight excluding hydrogens is 298 g/mol. The fourth-order valence-corrected chi connectivity index (χ4v) is 1.93. The van der Waals surface area contributed by atoms with Crippen LogP contribution in [0.2, 0.25) is 0 Å². The molecule has 1 fully saturated rings. The second-order valence-electron chi connectivity index (χ2n) is 7.39. The molecule has 1 aliphatic heterocycles.